The van der Waals surface area contributed by atoms with Crippen molar-refractivity contribution in [3.8, 4) is 0 Å². The van der Waals surface area contributed by atoms with Crippen molar-refractivity contribution in [2.75, 3.05) is 26.2 Å². The number of hydrogen-bond acceptors (Lipinski definition) is 3. The molecular formula is C16H29ClN4. The second kappa shape index (κ2) is 8.16. The van der Waals surface area contributed by atoms with Gasteiger partial charge in [-0.2, -0.15) is 5.10 Å². The molecule has 120 valence electrons. The lowest BCUT2D eigenvalue weighted by atomic mass is 9.97. The molecule has 1 saturated heterocycles. The molecule has 1 aromatic rings. The smallest absolute Gasteiger partial charge is 0.0863 e. The predicted molar refractivity (Wildman–Crippen MR) is 88.8 cm³/mol. The fourth-order valence-corrected chi connectivity index (χ4v) is 3.44. The van der Waals surface area contributed by atoms with Crippen molar-refractivity contribution in [2.24, 2.45) is 5.92 Å². The standard InChI is InChI=1S/C16H29ClN4/c1-4-14-16(17)15(21(6-3)19-14)12-20(5-2)11-13-7-9-18-10-8-13/h13,18H,4-12H2,1-3H3. The molecule has 0 bridgehead atoms. The van der Waals surface area contributed by atoms with E-state index in [4.69, 9.17) is 11.6 Å². The van der Waals surface area contributed by atoms with Gasteiger partial charge in [-0.25, -0.2) is 0 Å². The predicted octanol–water partition coefficient (Wildman–Crippen LogP) is 2.94. The Bertz CT molecular complexity index is 438. The van der Waals surface area contributed by atoms with Crippen LogP contribution in [-0.4, -0.2) is 40.9 Å². The van der Waals surface area contributed by atoms with Crippen molar-refractivity contribution in [3.05, 3.63) is 16.4 Å². The van der Waals surface area contributed by atoms with E-state index in [9.17, 15) is 0 Å². The SMILES string of the molecule is CCc1nn(CC)c(CN(CC)CC2CCNCC2)c1Cl. The van der Waals surface area contributed by atoms with Gasteiger partial charge in [0.2, 0.25) is 0 Å². The molecule has 0 amide bonds. The first-order valence-corrected chi connectivity index (χ1v) is 8.74. The summed E-state index contributed by atoms with van der Waals surface area (Å²) in [7, 11) is 0. The molecule has 0 unspecified atom stereocenters. The summed E-state index contributed by atoms with van der Waals surface area (Å²) in [4.78, 5) is 2.52. The van der Waals surface area contributed by atoms with Gasteiger partial charge in [0.15, 0.2) is 0 Å². The number of aryl methyl sites for hydroxylation is 2. The second-order valence-corrected chi connectivity index (χ2v) is 6.28. The first-order valence-electron chi connectivity index (χ1n) is 8.36. The number of halogens is 1. The molecule has 1 aliphatic heterocycles. The number of nitrogens with zero attached hydrogens (tertiary/aromatic N) is 3. The van der Waals surface area contributed by atoms with Crippen LogP contribution < -0.4 is 5.32 Å². The zero-order valence-electron chi connectivity index (χ0n) is 13.7. The summed E-state index contributed by atoms with van der Waals surface area (Å²) in [5.74, 6) is 0.814. The van der Waals surface area contributed by atoms with E-state index >= 15 is 0 Å². The van der Waals surface area contributed by atoms with Gasteiger partial charge in [-0.3, -0.25) is 9.58 Å². The van der Waals surface area contributed by atoms with Gasteiger partial charge < -0.3 is 5.32 Å². The van der Waals surface area contributed by atoms with E-state index in [1.165, 1.54) is 25.1 Å². The van der Waals surface area contributed by atoms with E-state index < -0.39 is 0 Å². The zero-order valence-corrected chi connectivity index (χ0v) is 14.4. The average Bonchev–Trinajstić information content (AvgIpc) is 2.83. The van der Waals surface area contributed by atoms with Crippen molar-refractivity contribution in [1.29, 1.82) is 0 Å². The van der Waals surface area contributed by atoms with Crippen LogP contribution in [0.5, 0.6) is 0 Å². The lowest BCUT2D eigenvalue weighted by Gasteiger charge is -2.29. The Balaban J connectivity index is 2.05. The van der Waals surface area contributed by atoms with Gasteiger partial charge in [0.1, 0.15) is 0 Å². The van der Waals surface area contributed by atoms with Crippen LogP contribution in [0.1, 0.15) is 45.0 Å². The van der Waals surface area contributed by atoms with E-state index in [1.54, 1.807) is 0 Å². The van der Waals surface area contributed by atoms with E-state index in [0.29, 0.717) is 0 Å². The van der Waals surface area contributed by atoms with Gasteiger partial charge in [0.05, 0.1) is 16.4 Å². The van der Waals surface area contributed by atoms with Gasteiger partial charge >= 0.3 is 0 Å². The van der Waals surface area contributed by atoms with E-state index in [0.717, 1.165) is 55.8 Å². The Morgan fingerprint density at radius 2 is 2.00 bits per heavy atom. The van der Waals surface area contributed by atoms with Crippen molar-refractivity contribution in [2.45, 2.75) is 53.1 Å². The molecule has 0 aliphatic carbocycles. The third kappa shape index (κ3) is 4.21. The number of rotatable bonds is 7. The molecule has 2 heterocycles. The maximum Gasteiger partial charge on any atom is 0.0863 e. The lowest BCUT2D eigenvalue weighted by Crippen LogP contribution is -2.36. The van der Waals surface area contributed by atoms with E-state index in [-0.39, 0.29) is 0 Å². The fourth-order valence-electron chi connectivity index (χ4n) is 3.12. The number of piperidine rings is 1. The van der Waals surface area contributed by atoms with Gasteiger partial charge in [-0.15, -0.1) is 0 Å². The maximum atomic E-state index is 6.53. The van der Waals surface area contributed by atoms with Crippen molar-refractivity contribution in [1.82, 2.24) is 20.0 Å². The Hall–Kier alpha value is -0.580. The summed E-state index contributed by atoms with van der Waals surface area (Å²) in [5.41, 5.74) is 2.22. The highest BCUT2D eigenvalue weighted by Gasteiger charge is 2.20. The maximum absolute atomic E-state index is 6.53. The Morgan fingerprint density at radius 1 is 1.29 bits per heavy atom. The molecule has 21 heavy (non-hydrogen) atoms. The molecule has 1 aromatic heterocycles. The van der Waals surface area contributed by atoms with Crippen LogP contribution in [0.4, 0.5) is 0 Å². The summed E-state index contributed by atoms with van der Waals surface area (Å²) in [6.07, 6.45) is 3.48. The zero-order chi connectivity index (χ0) is 15.2. The van der Waals surface area contributed by atoms with Crippen LogP contribution in [0, 0.1) is 5.92 Å². The number of aromatic nitrogens is 2. The Kier molecular flexibility index (Phi) is 6.52. The summed E-state index contributed by atoms with van der Waals surface area (Å²) >= 11 is 6.53. The van der Waals surface area contributed by atoms with E-state index in [1.807, 2.05) is 0 Å². The summed E-state index contributed by atoms with van der Waals surface area (Å²) in [5, 5.41) is 8.95. The molecule has 1 fully saturated rings. The quantitative estimate of drug-likeness (QED) is 0.840. The molecule has 2 rings (SSSR count). The van der Waals surface area contributed by atoms with Gasteiger partial charge in [0.25, 0.3) is 0 Å². The summed E-state index contributed by atoms with van der Waals surface area (Å²) < 4.78 is 2.08. The minimum Gasteiger partial charge on any atom is -0.317 e. The first-order chi connectivity index (χ1) is 10.2. The average molecular weight is 313 g/mol. The van der Waals surface area contributed by atoms with Crippen molar-refractivity contribution < 1.29 is 0 Å². The van der Waals surface area contributed by atoms with Gasteiger partial charge in [-0.1, -0.05) is 25.4 Å². The van der Waals surface area contributed by atoms with Crippen LogP contribution in [-0.2, 0) is 19.5 Å². The molecular weight excluding hydrogens is 284 g/mol. The van der Waals surface area contributed by atoms with Crippen LogP contribution in [0.25, 0.3) is 0 Å². The van der Waals surface area contributed by atoms with Crippen molar-refractivity contribution >= 4 is 11.6 Å². The third-order valence-corrected chi connectivity index (χ3v) is 4.93. The second-order valence-electron chi connectivity index (χ2n) is 5.90. The molecule has 1 aliphatic rings. The van der Waals surface area contributed by atoms with E-state index in [2.05, 4.69) is 40.8 Å². The van der Waals surface area contributed by atoms with Gasteiger partial charge in [-0.05, 0) is 51.7 Å². The molecule has 0 radical (unpaired) electrons. The molecule has 0 saturated carbocycles. The first kappa shape index (κ1) is 16.8. The molecule has 1 N–H and O–H groups in total. The van der Waals surface area contributed by atoms with Crippen LogP contribution in [0.15, 0.2) is 0 Å². The monoisotopic (exact) mass is 312 g/mol. The summed E-state index contributed by atoms with van der Waals surface area (Å²) in [6.45, 7) is 12.9. The van der Waals surface area contributed by atoms with Crippen LogP contribution >= 0.6 is 11.6 Å². The minimum absolute atomic E-state index is 0.814. The Labute approximate surface area is 133 Å². The number of nitrogens with one attached hydrogen (secondary N) is 1. The molecule has 0 spiro atoms. The minimum atomic E-state index is 0.814. The highest BCUT2D eigenvalue weighted by atomic mass is 35.5. The highest BCUT2D eigenvalue weighted by molar-refractivity contribution is 6.31. The topological polar surface area (TPSA) is 33.1 Å². The molecule has 5 heteroatoms. The fraction of sp³-hybridized carbons (Fsp3) is 0.812. The lowest BCUT2D eigenvalue weighted by molar-refractivity contribution is 0.202. The third-order valence-electron chi connectivity index (χ3n) is 4.49. The molecule has 0 aromatic carbocycles. The Morgan fingerprint density at radius 3 is 2.57 bits per heavy atom. The highest BCUT2D eigenvalue weighted by Crippen LogP contribution is 2.24. The van der Waals surface area contributed by atoms with Crippen LogP contribution in [0.3, 0.4) is 0 Å². The van der Waals surface area contributed by atoms with Crippen molar-refractivity contribution in [3.63, 3.8) is 0 Å². The largest absolute Gasteiger partial charge is 0.317 e. The van der Waals surface area contributed by atoms with Crippen LogP contribution in [0.2, 0.25) is 5.02 Å². The normalized spacial score (nSPS) is 16.8. The summed E-state index contributed by atoms with van der Waals surface area (Å²) in [6, 6.07) is 0. The molecule has 0 atom stereocenters. The number of hydrogen-bond donors (Lipinski definition) is 1. The van der Waals surface area contributed by atoms with Gasteiger partial charge in [0, 0.05) is 19.6 Å². The molecule has 4 nitrogen and oxygen atoms in total.